The van der Waals surface area contributed by atoms with E-state index >= 15 is 0 Å². The first-order chi connectivity index (χ1) is 7.13. The van der Waals surface area contributed by atoms with Crippen LogP contribution in [-0.2, 0) is 4.79 Å². The molecule has 0 spiro atoms. The van der Waals surface area contributed by atoms with E-state index in [9.17, 15) is 4.79 Å². The third-order valence-corrected chi connectivity index (χ3v) is 2.96. The highest BCUT2D eigenvalue weighted by atomic mass is 16.2. The third kappa shape index (κ3) is 4.04. The highest BCUT2D eigenvalue weighted by molar-refractivity contribution is 5.81. The standard InChI is InChI=1S/C12H22N2O/c1-4-9(2)13-10(3)12(15)14-11-7-5-6-8-11/h4,9-11,13H,1,5-8H2,2-3H3,(H,14,15). The monoisotopic (exact) mass is 210 g/mol. The summed E-state index contributed by atoms with van der Waals surface area (Å²) in [5.74, 6) is 0.107. The zero-order valence-electron chi connectivity index (χ0n) is 9.75. The van der Waals surface area contributed by atoms with Gasteiger partial charge in [-0.05, 0) is 26.7 Å². The molecule has 0 radical (unpaired) electrons. The smallest absolute Gasteiger partial charge is 0.237 e. The van der Waals surface area contributed by atoms with Crippen LogP contribution in [0.2, 0.25) is 0 Å². The minimum absolute atomic E-state index is 0.107. The molecule has 3 nitrogen and oxygen atoms in total. The number of amides is 1. The van der Waals surface area contributed by atoms with Gasteiger partial charge in [0.15, 0.2) is 0 Å². The second-order valence-corrected chi connectivity index (χ2v) is 4.40. The molecule has 0 saturated heterocycles. The van der Waals surface area contributed by atoms with Crippen molar-refractivity contribution in [2.75, 3.05) is 0 Å². The van der Waals surface area contributed by atoms with Crippen molar-refractivity contribution in [3.8, 4) is 0 Å². The molecule has 0 aromatic rings. The van der Waals surface area contributed by atoms with Crippen LogP contribution in [0.4, 0.5) is 0 Å². The molecule has 86 valence electrons. The Bertz CT molecular complexity index is 222. The van der Waals surface area contributed by atoms with E-state index in [1.807, 2.05) is 13.8 Å². The molecule has 3 heteroatoms. The lowest BCUT2D eigenvalue weighted by Crippen LogP contribution is -2.47. The lowest BCUT2D eigenvalue weighted by molar-refractivity contribution is -0.123. The predicted molar refractivity (Wildman–Crippen MR) is 62.7 cm³/mol. The number of hydrogen-bond donors (Lipinski definition) is 2. The van der Waals surface area contributed by atoms with E-state index in [2.05, 4.69) is 17.2 Å². The fraction of sp³-hybridized carbons (Fsp3) is 0.750. The molecule has 2 unspecified atom stereocenters. The first-order valence-electron chi connectivity index (χ1n) is 5.82. The highest BCUT2D eigenvalue weighted by Gasteiger charge is 2.20. The fourth-order valence-electron chi connectivity index (χ4n) is 1.93. The van der Waals surface area contributed by atoms with Gasteiger partial charge in [-0.15, -0.1) is 6.58 Å². The van der Waals surface area contributed by atoms with E-state index in [0.717, 1.165) is 12.8 Å². The maximum absolute atomic E-state index is 11.7. The van der Waals surface area contributed by atoms with Crippen molar-refractivity contribution in [3.63, 3.8) is 0 Å². The van der Waals surface area contributed by atoms with Crippen LogP contribution in [0.3, 0.4) is 0 Å². The van der Waals surface area contributed by atoms with Crippen molar-refractivity contribution < 1.29 is 4.79 Å². The minimum Gasteiger partial charge on any atom is -0.352 e. The average Bonchev–Trinajstić information content (AvgIpc) is 2.70. The Kier molecular flexibility index (Phi) is 4.82. The van der Waals surface area contributed by atoms with Crippen molar-refractivity contribution in [3.05, 3.63) is 12.7 Å². The number of carbonyl (C=O) groups excluding carboxylic acids is 1. The van der Waals surface area contributed by atoms with Gasteiger partial charge in [0.2, 0.25) is 5.91 Å². The molecule has 0 aromatic carbocycles. The summed E-state index contributed by atoms with van der Waals surface area (Å²) in [4.78, 5) is 11.7. The predicted octanol–water partition coefficient (Wildman–Crippen LogP) is 1.60. The van der Waals surface area contributed by atoms with Gasteiger partial charge in [-0.1, -0.05) is 18.9 Å². The van der Waals surface area contributed by atoms with Gasteiger partial charge in [0.05, 0.1) is 6.04 Å². The highest BCUT2D eigenvalue weighted by Crippen LogP contribution is 2.17. The molecule has 1 aliphatic carbocycles. The molecule has 0 heterocycles. The van der Waals surface area contributed by atoms with E-state index in [-0.39, 0.29) is 18.0 Å². The molecule has 1 rings (SSSR count). The number of carbonyl (C=O) groups is 1. The number of rotatable bonds is 5. The molecule has 2 atom stereocenters. The zero-order valence-corrected chi connectivity index (χ0v) is 9.75. The van der Waals surface area contributed by atoms with Crippen LogP contribution in [0.1, 0.15) is 39.5 Å². The molecule has 2 N–H and O–H groups in total. The largest absolute Gasteiger partial charge is 0.352 e. The van der Waals surface area contributed by atoms with Crippen LogP contribution >= 0.6 is 0 Å². The lowest BCUT2D eigenvalue weighted by Gasteiger charge is -2.19. The van der Waals surface area contributed by atoms with Crippen LogP contribution in [0, 0.1) is 0 Å². The Morgan fingerprint density at radius 2 is 2.00 bits per heavy atom. The van der Waals surface area contributed by atoms with Crippen LogP contribution in [0.15, 0.2) is 12.7 Å². The Morgan fingerprint density at radius 3 is 2.53 bits per heavy atom. The van der Waals surface area contributed by atoms with Gasteiger partial charge in [0.25, 0.3) is 0 Å². The molecule has 1 saturated carbocycles. The van der Waals surface area contributed by atoms with Gasteiger partial charge in [-0.2, -0.15) is 0 Å². The summed E-state index contributed by atoms with van der Waals surface area (Å²) in [6.45, 7) is 7.57. The summed E-state index contributed by atoms with van der Waals surface area (Å²) in [7, 11) is 0. The number of hydrogen-bond acceptors (Lipinski definition) is 2. The summed E-state index contributed by atoms with van der Waals surface area (Å²) >= 11 is 0. The fourth-order valence-corrected chi connectivity index (χ4v) is 1.93. The summed E-state index contributed by atoms with van der Waals surface area (Å²) in [5.41, 5.74) is 0. The van der Waals surface area contributed by atoms with Crippen LogP contribution in [0.5, 0.6) is 0 Å². The Hall–Kier alpha value is -0.830. The Morgan fingerprint density at radius 1 is 1.40 bits per heavy atom. The van der Waals surface area contributed by atoms with Crippen molar-refractivity contribution in [1.29, 1.82) is 0 Å². The van der Waals surface area contributed by atoms with Gasteiger partial charge >= 0.3 is 0 Å². The quantitative estimate of drug-likeness (QED) is 0.677. The maximum atomic E-state index is 11.7. The molecule has 1 fully saturated rings. The SMILES string of the molecule is C=CC(C)NC(C)C(=O)NC1CCCC1. The van der Waals surface area contributed by atoms with E-state index < -0.39 is 0 Å². The Labute approximate surface area is 92.3 Å². The van der Waals surface area contributed by atoms with Gasteiger partial charge in [0.1, 0.15) is 0 Å². The van der Waals surface area contributed by atoms with Crippen molar-refractivity contribution in [2.45, 2.75) is 57.7 Å². The van der Waals surface area contributed by atoms with Gasteiger partial charge < -0.3 is 10.6 Å². The van der Waals surface area contributed by atoms with E-state index in [4.69, 9.17) is 0 Å². The topological polar surface area (TPSA) is 41.1 Å². The van der Waals surface area contributed by atoms with E-state index in [1.54, 1.807) is 6.08 Å². The van der Waals surface area contributed by atoms with Gasteiger partial charge in [0, 0.05) is 12.1 Å². The molecule has 0 aliphatic heterocycles. The first-order valence-corrected chi connectivity index (χ1v) is 5.82. The molecule has 1 amide bonds. The summed E-state index contributed by atoms with van der Waals surface area (Å²) in [6.07, 6.45) is 6.57. The normalized spacial score (nSPS) is 20.9. The van der Waals surface area contributed by atoms with Crippen LogP contribution < -0.4 is 10.6 Å². The number of nitrogens with one attached hydrogen (secondary N) is 2. The average molecular weight is 210 g/mol. The van der Waals surface area contributed by atoms with Gasteiger partial charge in [-0.3, -0.25) is 4.79 Å². The molecule has 0 aromatic heterocycles. The molecule has 15 heavy (non-hydrogen) atoms. The maximum Gasteiger partial charge on any atom is 0.237 e. The molecule has 0 bridgehead atoms. The van der Waals surface area contributed by atoms with Crippen molar-refractivity contribution in [2.24, 2.45) is 0 Å². The third-order valence-electron chi connectivity index (χ3n) is 2.96. The molecular weight excluding hydrogens is 188 g/mol. The summed E-state index contributed by atoms with van der Waals surface area (Å²) < 4.78 is 0. The second kappa shape index (κ2) is 5.91. The van der Waals surface area contributed by atoms with Crippen molar-refractivity contribution in [1.82, 2.24) is 10.6 Å². The summed E-state index contributed by atoms with van der Waals surface area (Å²) in [5, 5.41) is 6.25. The zero-order chi connectivity index (χ0) is 11.3. The molecule has 1 aliphatic rings. The van der Waals surface area contributed by atoms with Crippen LogP contribution in [0.25, 0.3) is 0 Å². The minimum atomic E-state index is -0.140. The Balaban J connectivity index is 2.28. The first kappa shape index (κ1) is 12.2. The second-order valence-electron chi connectivity index (χ2n) is 4.40. The van der Waals surface area contributed by atoms with Crippen molar-refractivity contribution >= 4 is 5.91 Å². The van der Waals surface area contributed by atoms with Crippen LogP contribution in [-0.4, -0.2) is 24.0 Å². The molecular formula is C12H22N2O. The summed E-state index contributed by atoms with van der Waals surface area (Å²) in [6, 6.07) is 0.439. The van der Waals surface area contributed by atoms with E-state index in [0.29, 0.717) is 6.04 Å². The van der Waals surface area contributed by atoms with E-state index in [1.165, 1.54) is 12.8 Å². The lowest BCUT2D eigenvalue weighted by atomic mass is 10.2. The van der Waals surface area contributed by atoms with Gasteiger partial charge in [-0.25, -0.2) is 0 Å².